The molecule has 3 aromatic rings. The van der Waals surface area contributed by atoms with E-state index in [0.29, 0.717) is 22.9 Å². The number of para-hydroxylation sites is 2. The van der Waals surface area contributed by atoms with Crippen LogP contribution in [0.25, 0.3) is 0 Å². The molecule has 0 aliphatic heterocycles. The van der Waals surface area contributed by atoms with Crippen molar-refractivity contribution in [1.29, 1.82) is 0 Å². The first-order valence-electron chi connectivity index (χ1n) is 8.72. The number of hydrogen-bond donors (Lipinski definition) is 4. The second-order valence-corrected chi connectivity index (χ2v) is 6.04. The van der Waals surface area contributed by atoms with E-state index in [1.807, 2.05) is 0 Å². The van der Waals surface area contributed by atoms with Crippen LogP contribution < -0.4 is 14.8 Å². The lowest BCUT2D eigenvalue weighted by molar-refractivity contribution is 0.0694. The fraction of sp³-hybridized carbons (Fsp3) is 0.0952. The summed E-state index contributed by atoms with van der Waals surface area (Å²) < 4.78 is 10.3. The molecule has 4 N–H and O–H groups in total. The molecule has 0 aromatic heterocycles. The molecule has 0 amide bonds. The van der Waals surface area contributed by atoms with Crippen LogP contribution in [0.1, 0.15) is 10.4 Å². The number of phenols is 2. The van der Waals surface area contributed by atoms with Gasteiger partial charge in [-0.2, -0.15) is 5.11 Å². The average Bonchev–Trinajstić information content (AvgIpc) is 2.75. The number of carboxylic acid groups (broad SMARTS) is 1. The lowest BCUT2D eigenvalue weighted by Gasteiger charge is -2.15. The summed E-state index contributed by atoms with van der Waals surface area (Å²) in [6, 6.07) is 14.5. The lowest BCUT2D eigenvalue weighted by atomic mass is 10.1. The van der Waals surface area contributed by atoms with Crippen molar-refractivity contribution in [2.45, 2.75) is 0 Å². The third-order valence-corrected chi connectivity index (χ3v) is 4.18. The highest BCUT2D eigenvalue weighted by atomic mass is 16.5. The van der Waals surface area contributed by atoms with Crippen LogP contribution in [0.5, 0.6) is 23.0 Å². The van der Waals surface area contributed by atoms with Gasteiger partial charge in [0.15, 0.2) is 5.75 Å². The number of rotatable bonds is 7. The number of anilines is 2. The standard InChI is InChI=1S/C21H19N3O6/c1-29-13-9-7-12(8-10-13)23-24-19-16(25)11-15(20(26)18(19)21(27)28)22-14-5-3-4-6-17(14)30-2/h3-11,22,25-26H,1-2H3,(H,27,28). The number of methoxy groups -OCH3 is 2. The molecule has 154 valence electrons. The number of nitrogens with one attached hydrogen (secondary N) is 1. The van der Waals surface area contributed by atoms with E-state index in [1.165, 1.54) is 14.2 Å². The molecule has 3 rings (SSSR count). The van der Waals surface area contributed by atoms with Gasteiger partial charge in [-0.25, -0.2) is 4.79 Å². The summed E-state index contributed by atoms with van der Waals surface area (Å²) in [5.74, 6) is -1.46. The Bertz CT molecular complexity index is 1100. The summed E-state index contributed by atoms with van der Waals surface area (Å²) in [4.78, 5) is 11.8. The third-order valence-electron chi connectivity index (χ3n) is 4.18. The van der Waals surface area contributed by atoms with E-state index in [4.69, 9.17) is 9.47 Å². The van der Waals surface area contributed by atoms with Crippen LogP contribution >= 0.6 is 0 Å². The summed E-state index contributed by atoms with van der Waals surface area (Å²) in [7, 11) is 3.00. The van der Waals surface area contributed by atoms with Crippen molar-refractivity contribution in [2.24, 2.45) is 10.2 Å². The maximum absolute atomic E-state index is 11.8. The van der Waals surface area contributed by atoms with Gasteiger partial charge in [-0.1, -0.05) is 12.1 Å². The van der Waals surface area contributed by atoms with Gasteiger partial charge in [0.05, 0.1) is 31.3 Å². The van der Waals surface area contributed by atoms with Crippen LogP contribution in [-0.4, -0.2) is 35.5 Å². The SMILES string of the molecule is COc1ccc(N=Nc2c(O)cc(Nc3ccccc3OC)c(O)c2C(=O)O)cc1. The normalized spacial score (nSPS) is 10.7. The van der Waals surface area contributed by atoms with Crippen molar-refractivity contribution in [2.75, 3.05) is 19.5 Å². The van der Waals surface area contributed by atoms with Gasteiger partial charge in [0.1, 0.15) is 28.5 Å². The van der Waals surface area contributed by atoms with E-state index in [1.54, 1.807) is 48.5 Å². The zero-order valence-electron chi connectivity index (χ0n) is 16.2. The average molecular weight is 409 g/mol. The van der Waals surface area contributed by atoms with Gasteiger partial charge < -0.3 is 30.1 Å². The number of azo groups is 1. The quantitative estimate of drug-likeness (QED) is 0.246. The minimum atomic E-state index is -1.48. The number of carbonyl (C=O) groups is 1. The molecule has 30 heavy (non-hydrogen) atoms. The summed E-state index contributed by atoms with van der Waals surface area (Å²) >= 11 is 0. The van der Waals surface area contributed by atoms with Gasteiger partial charge in [-0.05, 0) is 36.4 Å². The van der Waals surface area contributed by atoms with Gasteiger partial charge in [0, 0.05) is 6.07 Å². The topological polar surface area (TPSA) is 133 Å². The molecular weight excluding hydrogens is 390 g/mol. The number of aromatic hydroxyl groups is 2. The maximum atomic E-state index is 11.8. The lowest BCUT2D eigenvalue weighted by Crippen LogP contribution is -2.01. The van der Waals surface area contributed by atoms with Crippen LogP contribution in [0.2, 0.25) is 0 Å². The number of benzene rings is 3. The number of hydrogen-bond acceptors (Lipinski definition) is 8. The van der Waals surface area contributed by atoms with Gasteiger partial charge in [-0.15, -0.1) is 5.11 Å². The molecule has 0 saturated heterocycles. The third kappa shape index (κ3) is 4.25. The highest BCUT2D eigenvalue weighted by molar-refractivity contribution is 6.01. The number of phenolic OH excluding ortho intramolecular Hbond substituents is 1. The molecule has 0 unspecified atom stereocenters. The highest BCUT2D eigenvalue weighted by Gasteiger charge is 2.24. The van der Waals surface area contributed by atoms with Crippen LogP contribution in [-0.2, 0) is 0 Å². The highest BCUT2D eigenvalue weighted by Crippen LogP contribution is 2.44. The smallest absolute Gasteiger partial charge is 0.342 e. The molecule has 0 heterocycles. The maximum Gasteiger partial charge on any atom is 0.342 e. The van der Waals surface area contributed by atoms with E-state index >= 15 is 0 Å². The zero-order chi connectivity index (χ0) is 21.7. The Morgan fingerprint density at radius 3 is 2.27 bits per heavy atom. The van der Waals surface area contributed by atoms with Gasteiger partial charge in [0.2, 0.25) is 0 Å². The van der Waals surface area contributed by atoms with Gasteiger partial charge in [-0.3, -0.25) is 0 Å². The monoisotopic (exact) mass is 409 g/mol. The molecule has 0 radical (unpaired) electrons. The Labute approximate surface area is 171 Å². The fourth-order valence-corrected chi connectivity index (χ4v) is 2.70. The molecule has 0 aliphatic carbocycles. The predicted octanol–water partition coefficient (Wildman–Crippen LogP) is 4.97. The summed E-state index contributed by atoms with van der Waals surface area (Å²) in [6.07, 6.45) is 0. The predicted molar refractivity (Wildman–Crippen MR) is 110 cm³/mol. The molecule has 0 spiro atoms. The number of ether oxygens (including phenoxy) is 2. The Morgan fingerprint density at radius 1 is 0.933 bits per heavy atom. The van der Waals surface area contributed by atoms with Crippen molar-refractivity contribution < 1.29 is 29.6 Å². The van der Waals surface area contributed by atoms with Crippen LogP contribution in [0.4, 0.5) is 22.7 Å². The molecule has 9 heteroatoms. The molecule has 0 bridgehead atoms. The second-order valence-electron chi connectivity index (χ2n) is 6.04. The molecule has 0 saturated carbocycles. The summed E-state index contributed by atoms with van der Waals surface area (Å²) in [5, 5.41) is 41.1. The fourth-order valence-electron chi connectivity index (χ4n) is 2.70. The number of carboxylic acids is 1. The van der Waals surface area contributed by atoms with Crippen molar-refractivity contribution >= 4 is 28.7 Å². The van der Waals surface area contributed by atoms with Crippen molar-refractivity contribution in [3.05, 3.63) is 60.2 Å². The molecule has 0 atom stereocenters. The number of aromatic carboxylic acids is 1. The van der Waals surface area contributed by atoms with Crippen molar-refractivity contribution in [3.8, 4) is 23.0 Å². The first-order chi connectivity index (χ1) is 14.4. The van der Waals surface area contributed by atoms with Crippen molar-refractivity contribution in [3.63, 3.8) is 0 Å². The minimum absolute atomic E-state index is 0.0298. The molecule has 3 aromatic carbocycles. The van der Waals surface area contributed by atoms with Crippen LogP contribution in [0.15, 0.2) is 64.8 Å². The van der Waals surface area contributed by atoms with Crippen LogP contribution in [0, 0.1) is 0 Å². The molecule has 0 fully saturated rings. The van der Waals surface area contributed by atoms with Crippen LogP contribution in [0.3, 0.4) is 0 Å². The minimum Gasteiger partial charge on any atom is -0.506 e. The van der Waals surface area contributed by atoms with E-state index in [0.717, 1.165) is 6.07 Å². The Morgan fingerprint density at radius 2 is 1.63 bits per heavy atom. The van der Waals surface area contributed by atoms with E-state index in [2.05, 4.69) is 15.5 Å². The largest absolute Gasteiger partial charge is 0.506 e. The van der Waals surface area contributed by atoms with Gasteiger partial charge >= 0.3 is 5.97 Å². The molecule has 0 aliphatic rings. The molecule has 9 nitrogen and oxygen atoms in total. The number of nitrogens with zero attached hydrogens (tertiary/aromatic N) is 2. The first-order valence-corrected chi connectivity index (χ1v) is 8.72. The van der Waals surface area contributed by atoms with E-state index < -0.39 is 23.0 Å². The molecular formula is C21H19N3O6. The Hall–Kier alpha value is -4.27. The van der Waals surface area contributed by atoms with Gasteiger partial charge in [0.25, 0.3) is 0 Å². The van der Waals surface area contributed by atoms with E-state index in [-0.39, 0.29) is 11.4 Å². The van der Waals surface area contributed by atoms with Crippen molar-refractivity contribution in [1.82, 2.24) is 0 Å². The Balaban J connectivity index is 2.01. The Kier molecular flexibility index (Phi) is 6.02. The second kappa shape index (κ2) is 8.82. The first kappa shape index (κ1) is 20.5. The summed E-state index contributed by atoms with van der Waals surface area (Å²) in [5.41, 5.74) is -0.121. The zero-order valence-corrected chi connectivity index (χ0v) is 16.2. The van der Waals surface area contributed by atoms with E-state index in [9.17, 15) is 20.1 Å². The summed E-state index contributed by atoms with van der Waals surface area (Å²) in [6.45, 7) is 0.